The van der Waals surface area contributed by atoms with Gasteiger partial charge >= 0.3 is 0 Å². The van der Waals surface area contributed by atoms with Crippen molar-refractivity contribution >= 4 is 23.2 Å². The highest BCUT2D eigenvalue weighted by Crippen LogP contribution is 2.39. The van der Waals surface area contributed by atoms with Crippen LogP contribution in [0.5, 0.6) is 0 Å². The molecule has 18 heavy (non-hydrogen) atoms. The summed E-state index contributed by atoms with van der Waals surface area (Å²) >= 11 is 12.6. The van der Waals surface area contributed by atoms with Crippen molar-refractivity contribution in [3.05, 3.63) is 33.8 Å². The Morgan fingerprint density at radius 3 is 2.11 bits per heavy atom. The van der Waals surface area contributed by atoms with Gasteiger partial charge in [-0.05, 0) is 30.9 Å². The van der Waals surface area contributed by atoms with Crippen LogP contribution in [0, 0.1) is 5.92 Å². The SMILES string of the molecule is NNC(c1c(Cl)cccc1Cl)C1CCCCCC1. The third-order valence-corrected chi connectivity index (χ3v) is 4.52. The van der Waals surface area contributed by atoms with E-state index in [4.69, 9.17) is 29.0 Å². The van der Waals surface area contributed by atoms with Crippen LogP contribution in [0.1, 0.15) is 50.1 Å². The lowest BCUT2D eigenvalue weighted by Gasteiger charge is -2.27. The highest BCUT2D eigenvalue weighted by Gasteiger charge is 2.26. The fraction of sp³-hybridized carbons (Fsp3) is 0.571. The van der Waals surface area contributed by atoms with E-state index in [1.807, 2.05) is 18.2 Å². The van der Waals surface area contributed by atoms with Crippen molar-refractivity contribution in [3.63, 3.8) is 0 Å². The van der Waals surface area contributed by atoms with Crippen LogP contribution in [0.25, 0.3) is 0 Å². The Labute approximate surface area is 119 Å². The molecule has 1 aliphatic carbocycles. The van der Waals surface area contributed by atoms with Gasteiger partial charge < -0.3 is 0 Å². The van der Waals surface area contributed by atoms with Crippen LogP contribution < -0.4 is 11.3 Å². The molecule has 0 aromatic heterocycles. The molecule has 0 heterocycles. The molecule has 1 atom stereocenters. The molecule has 0 spiro atoms. The second kappa shape index (κ2) is 6.76. The maximum Gasteiger partial charge on any atom is 0.0517 e. The topological polar surface area (TPSA) is 38.0 Å². The predicted molar refractivity (Wildman–Crippen MR) is 77.7 cm³/mol. The number of benzene rings is 1. The molecular formula is C14H20Cl2N2. The number of hydrazine groups is 1. The van der Waals surface area contributed by atoms with Gasteiger partial charge in [0.05, 0.1) is 6.04 Å². The Bertz CT molecular complexity index is 367. The molecule has 1 aromatic rings. The molecule has 1 aliphatic rings. The van der Waals surface area contributed by atoms with Crippen molar-refractivity contribution in [1.82, 2.24) is 5.43 Å². The minimum absolute atomic E-state index is 0.0595. The van der Waals surface area contributed by atoms with Gasteiger partial charge in [-0.25, -0.2) is 0 Å². The summed E-state index contributed by atoms with van der Waals surface area (Å²) in [6, 6.07) is 5.69. The standard InChI is InChI=1S/C14H20Cl2N2/c15-11-8-5-9-12(16)13(11)14(18-17)10-6-3-1-2-4-7-10/h5,8-10,14,18H,1-4,6-7,17H2. The molecule has 100 valence electrons. The van der Waals surface area contributed by atoms with Gasteiger partial charge in [0.2, 0.25) is 0 Å². The highest BCUT2D eigenvalue weighted by molar-refractivity contribution is 6.36. The maximum atomic E-state index is 6.28. The van der Waals surface area contributed by atoms with E-state index >= 15 is 0 Å². The van der Waals surface area contributed by atoms with Crippen LogP contribution in [-0.4, -0.2) is 0 Å². The summed E-state index contributed by atoms with van der Waals surface area (Å²) < 4.78 is 0. The Morgan fingerprint density at radius 1 is 1.06 bits per heavy atom. The van der Waals surface area contributed by atoms with E-state index in [9.17, 15) is 0 Å². The zero-order valence-electron chi connectivity index (χ0n) is 10.5. The molecule has 4 heteroatoms. The number of rotatable bonds is 3. The lowest BCUT2D eigenvalue weighted by atomic mass is 9.87. The molecule has 1 unspecified atom stereocenters. The van der Waals surface area contributed by atoms with Crippen molar-refractivity contribution < 1.29 is 0 Å². The summed E-state index contributed by atoms with van der Waals surface area (Å²) in [6.45, 7) is 0. The Balaban J connectivity index is 2.26. The van der Waals surface area contributed by atoms with Crippen LogP contribution in [0.4, 0.5) is 0 Å². The number of nitrogens with two attached hydrogens (primary N) is 1. The highest BCUT2D eigenvalue weighted by atomic mass is 35.5. The smallest absolute Gasteiger partial charge is 0.0517 e. The number of nitrogens with one attached hydrogen (secondary N) is 1. The van der Waals surface area contributed by atoms with Crippen molar-refractivity contribution in [2.24, 2.45) is 11.8 Å². The molecule has 1 fully saturated rings. The average molecular weight is 287 g/mol. The first-order valence-corrected chi connectivity index (χ1v) is 7.39. The normalized spacial score (nSPS) is 19.5. The second-order valence-corrected chi connectivity index (χ2v) is 5.85. The lowest BCUT2D eigenvalue weighted by molar-refractivity contribution is 0.329. The molecule has 2 nitrogen and oxygen atoms in total. The van der Waals surface area contributed by atoms with Gasteiger partial charge in [-0.3, -0.25) is 11.3 Å². The zero-order chi connectivity index (χ0) is 13.0. The van der Waals surface area contributed by atoms with Gasteiger partial charge in [0, 0.05) is 15.6 Å². The lowest BCUT2D eigenvalue weighted by Crippen LogP contribution is -2.34. The summed E-state index contributed by atoms with van der Waals surface area (Å²) in [7, 11) is 0. The van der Waals surface area contributed by atoms with Gasteiger partial charge in [0.1, 0.15) is 0 Å². The molecule has 1 saturated carbocycles. The predicted octanol–water partition coefficient (Wildman–Crippen LogP) is 4.47. The van der Waals surface area contributed by atoms with Gasteiger partial charge in [-0.2, -0.15) is 0 Å². The fourth-order valence-corrected chi connectivity index (χ4v) is 3.54. The average Bonchev–Trinajstić information content (AvgIpc) is 2.63. The first kappa shape index (κ1) is 14.1. The summed E-state index contributed by atoms with van der Waals surface area (Å²) in [5, 5.41) is 1.41. The van der Waals surface area contributed by atoms with E-state index < -0.39 is 0 Å². The van der Waals surface area contributed by atoms with E-state index in [0.29, 0.717) is 16.0 Å². The van der Waals surface area contributed by atoms with Crippen LogP contribution in [-0.2, 0) is 0 Å². The van der Waals surface area contributed by atoms with Crippen LogP contribution >= 0.6 is 23.2 Å². The second-order valence-electron chi connectivity index (χ2n) is 5.03. The van der Waals surface area contributed by atoms with Crippen LogP contribution in [0.2, 0.25) is 10.0 Å². The van der Waals surface area contributed by atoms with E-state index in [2.05, 4.69) is 5.43 Å². The number of hydrogen-bond acceptors (Lipinski definition) is 2. The first-order chi connectivity index (χ1) is 8.74. The van der Waals surface area contributed by atoms with Crippen molar-refractivity contribution in [3.8, 4) is 0 Å². The third-order valence-electron chi connectivity index (χ3n) is 3.86. The molecule has 1 aromatic carbocycles. The zero-order valence-corrected chi connectivity index (χ0v) is 12.0. The molecule has 0 aliphatic heterocycles. The van der Waals surface area contributed by atoms with Crippen molar-refractivity contribution in [2.45, 2.75) is 44.6 Å². The Kier molecular flexibility index (Phi) is 5.31. The van der Waals surface area contributed by atoms with Gasteiger partial charge in [-0.15, -0.1) is 0 Å². The van der Waals surface area contributed by atoms with Gasteiger partial charge in [0.25, 0.3) is 0 Å². The van der Waals surface area contributed by atoms with Crippen LogP contribution in [0.15, 0.2) is 18.2 Å². The van der Waals surface area contributed by atoms with Crippen molar-refractivity contribution in [1.29, 1.82) is 0 Å². The monoisotopic (exact) mass is 286 g/mol. The van der Waals surface area contributed by atoms with Gasteiger partial charge in [-0.1, -0.05) is 55.0 Å². The van der Waals surface area contributed by atoms with Gasteiger partial charge in [0.15, 0.2) is 0 Å². The molecule has 0 bridgehead atoms. The number of hydrogen-bond donors (Lipinski definition) is 2. The molecule has 2 rings (SSSR count). The molecular weight excluding hydrogens is 267 g/mol. The summed E-state index contributed by atoms with van der Waals surface area (Å²) in [5.41, 5.74) is 3.88. The summed E-state index contributed by atoms with van der Waals surface area (Å²) in [5.74, 6) is 6.28. The fourth-order valence-electron chi connectivity index (χ4n) is 2.91. The largest absolute Gasteiger partial charge is 0.271 e. The maximum absolute atomic E-state index is 6.28. The molecule has 0 radical (unpaired) electrons. The molecule has 0 amide bonds. The van der Waals surface area contributed by atoms with E-state index in [-0.39, 0.29) is 6.04 Å². The minimum atomic E-state index is 0.0595. The Hall–Kier alpha value is -0.280. The quantitative estimate of drug-likeness (QED) is 0.489. The molecule has 0 saturated heterocycles. The summed E-state index contributed by atoms with van der Waals surface area (Å²) in [6.07, 6.45) is 7.57. The van der Waals surface area contributed by atoms with Crippen molar-refractivity contribution in [2.75, 3.05) is 0 Å². The van der Waals surface area contributed by atoms with Crippen LogP contribution in [0.3, 0.4) is 0 Å². The Morgan fingerprint density at radius 2 is 1.61 bits per heavy atom. The first-order valence-electron chi connectivity index (χ1n) is 6.64. The van der Waals surface area contributed by atoms with E-state index in [0.717, 1.165) is 5.56 Å². The number of halogens is 2. The molecule has 3 N–H and O–H groups in total. The van der Waals surface area contributed by atoms with E-state index in [1.54, 1.807) is 0 Å². The van der Waals surface area contributed by atoms with E-state index in [1.165, 1.54) is 38.5 Å². The minimum Gasteiger partial charge on any atom is -0.271 e. The third kappa shape index (κ3) is 3.18. The summed E-state index contributed by atoms with van der Waals surface area (Å²) in [4.78, 5) is 0.